The Bertz CT molecular complexity index is 1590. The van der Waals surface area contributed by atoms with Crippen LogP contribution in [0.4, 0.5) is 0 Å². The van der Waals surface area contributed by atoms with Gasteiger partial charge in [-0.25, -0.2) is 4.79 Å². The van der Waals surface area contributed by atoms with E-state index in [-0.39, 0.29) is 42.4 Å². The molecule has 0 aliphatic carbocycles. The van der Waals surface area contributed by atoms with Crippen molar-refractivity contribution in [3.63, 3.8) is 0 Å². The Morgan fingerprint density at radius 2 is 1.63 bits per heavy atom. The number of aliphatic hydroxyl groups excluding tert-OH is 1. The van der Waals surface area contributed by atoms with Crippen LogP contribution in [0.25, 0.3) is 11.0 Å². The lowest BCUT2D eigenvalue weighted by atomic mass is 9.89. The monoisotopic (exact) mass is 584 g/mol. The average molecular weight is 585 g/mol. The summed E-state index contributed by atoms with van der Waals surface area (Å²) in [6.07, 6.45) is 0.987. The number of likely N-dealkylation sites (tertiary alicyclic amines) is 1. The Morgan fingerprint density at radius 1 is 0.953 bits per heavy atom. The van der Waals surface area contributed by atoms with Gasteiger partial charge in [-0.2, -0.15) is 0 Å². The first kappa shape index (κ1) is 29.3. The van der Waals surface area contributed by atoms with E-state index in [1.54, 1.807) is 0 Å². The fourth-order valence-electron chi connectivity index (χ4n) is 6.40. The molecule has 0 unspecified atom stereocenters. The molecule has 2 fully saturated rings. The van der Waals surface area contributed by atoms with E-state index >= 15 is 0 Å². The second kappa shape index (κ2) is 12.9. The maximum absolute atomic E-state index is 12.8. The molecule has 0 bridgehead atoms. The van der Waals surface area contributed by atoms with Crippen LogP contribution >= 0.6 is 0 Å². The zero-order chi connectivity index (χ0) is 29.9. The van der Waals surface area contributed by atoms with Gasteiger partial charge in [0.25, 0.3) is 0 Å². The van der Waals surface area contributed by atoms with Crippen molar-refractivity contribution in [2.45, 2.75) is 64.4 Å². The number of H-pyrrole nitrogens is 1. The molecule has 6 rings (SSSR count). The number of nitrogens with zero attached hydrogens (tertiary/aromatic N) is 2. The fourth-order valence-corrected chi connectivity index (χ4v) is 6.40. The second-order valence-corrected chi connectivity index (χ2v) is 11.8. The molecule has 2 aliphatic heterocycles. The van der Waals surface area contributed by atoms with Crippen LogP contribution in [0.2, 0.25) is 0 Å². The normalized spacial score (nSPS) is 23.4. The third-order valence-corrected chi connectivity index (χ3v) is 8.90. The summed E-state index contributed by atoms with van der Waals surface area (Å²) in [5, 5.41) is 12.4. The third kappa shape index (κ3) is 6.45. The van der Waals surface area contributed by atoms with Gasteiger partial charge in [0.15, 0.2) is 6.29 Å². The average Bonchev–Trinajstić information content (AvgIpc) is 3.37. The maximum atomic E-state index is 12.8. The molecule has 43 heavy (non-hydrogen) atoms. The Morgan fingerprint density at radius 3 is 2.33 bits per heavy atom. The minimum absolute atomic E-state index is 0.00117. The Balaban J connectivity index is 1.18. The van der Waals surface area contributed by atoms with E-state index in [0.717, 1.165) is 65.8 Å². The summed E-state index contributed by atoms with van der Waals surface area (Å²) >= 11 is 0. The quantitative estimate of drug-likeness (QED) is 0.280. The largest absolute Gasteiger partial charge is 0.392 e. The molecule has 9 heteroatoms. The van der Waals surface area contributed by atoms with Gasteiger partial charge in [-0.05, 0) is 41.7 Å². The Labute approximate surface area is 251 Å². The molecule has 1 aromatic heterocycles. The number of aliphatic hydroxyl groups is 1. The highest BCUT2D eigenvalue weighted by atomic mass is 16.7. The molecule has 9 nitrogen and oxygen atoms in total. The van der Waals surface area contributed by atoms with Gasteiger partial charge in [0, 0.05) is 50.6 Å². The van der Waals surface area contributed by atoms with Gasteiger partial charge in [-0.15, -0.1) is 0 Å². The predicted octanol–water partition coefficient (Wildman–Crippen LogP) is 4.59. The number of hydrogen-bond acceptors (Lipinski definition) is 6. The van der Waals surface area contributed by atoms with Gasteiger partial charge in [0.1, 0.15) is 0 Å². The number of hydrogen-bond donors (Lipinski definition) is 3. The number of benzene rings is 3. The summed E-state index contributed by atoms with van der Waals surface area (Å²) < 4.78 is 15.2. The molecular formula is C34H40N4O5. The van der Waals surface area contributed by atoms with Crippen molar-refractivity contribution in [3.8, 4) is 0 Å². The van der Waals surface area contributed by atoms with Crippen LogP contribution in [-0.2, 0) is 27.4 Å². The van der Waals surface area contributed by atoms with Crippen molar-refractivity contribution < 1.29 is 19.4 Å². The van der Waals surface area contributed by atoms with Crippen LogP contribution in [0.5, 0.6) is 0 Å². The molecule has 3 aromatic carbocycles. The second-order valence-electron chi connectivity index (χ2n) is 11.8. The molecule has 2 saturated heterocycles. The fraction of sp³-hybridized carbons (Fsp3) is 0.412. The van der Waals surface area contributed by atoms with E-state index < -0.39 is 6.29 Å². The molecule has 0 spiro atoms. The first-order valence-electron chi connectivity index (χ1n) is 15.1. The summed E-state index contributed by atoms with van der Waals surface area (Å²) in [5.41, 5.74) is 5.67. The van der Waals surface area contributed by atoms with Gasteiger partial charge < -0.3 is 29.8 Å². The van der Waals surface area contributed by atoms with E-state index in [9.17, 15) is 14.7 Å². The van der Waals surface area contributed by atoms with E-state index in [4.69, 9.17) is 9.47 Å². The van der Waals surface area contributed by atoms with Crippen LogP contribution in [0.3, 0.4) is 0 Å². The zero-order valence-electron chi connectivity index (χ0n) is 24.7. The lowest BCUT2D eigenvalue weighted by Gasteiger charge is -2.44. The van der Waals surface area contributed by atoms with Gasteiger partial charge in [-0.3, -0.25) is 9.36 Å². The van der Waals surface area contributed by atoms with Crippen LogP contribution in [0.1, 0.15) is 67.4 Å². The Kier molecular flexibility index (Phi) is 8.76. The zero-order valence-corrected chi connectivity index (χ0v) is 24.7. The molecule has 4 aromatic rings. The van der Waals surface area contributed by atoms with Crippen LogP contribution in [-0.4, -0.2) is 51.2 Å². The van der Waals surface area contributed by atoms with Gasteiger partial charge in [0.2, 0.25) is 5.91 Å². The Hall–Kier alpha value is -3.76. The number of amides is 1. The molecule has 0 radical (unpaired) electrons. The number of carbonyl (C=O) groups is 1. The van der Waals surface area contributed by atoms with E-state index in [2.05, 4.69) is 22.1 Å². The first-order chi connectivity index (χ1) is 20.9. The number of aromatic amines is 1. The van der Waals surface area contributed by atoms with Crippen molar-refractivity contribution in [2.24, 2.45) is 5.92 Å². The van der Waals surface area contributed by atoms with Gasteiger partial charge in [-0.1, -0.05) is 67.6 Å². The molecule has 4 atom stereocenters. The van der Waals surface area contributed by atoms with Crippen molar-refractivity contribution in [3.05, 3.63) is 106 Å². The number of piperidine rings is 1. The minimum Gasteiger partial charge on any atom is -0.392 e. The summed E-state index contributed by atoms with van der Waals surface area (Å²) in [4.78, 5) is 29.6. The number of fused-ring (bicyclic) bond motifs is 1. The summed E-state index contributed by atoms with van der Waals surface area (Å²) in [7, 11) is 0. The third-order valence-electron chi connectivity index (χ3n) is 8.90. The molecule has 2 aliphatic rings. The number of imidazole rings is 1. The van der Waals surface area contributed by atoms with Gasteiger partial charge >= 0.3 is 5.69 Å². The summed E-state index contributed by atoms with van der Waals surface area (Å²) in [6, 6.07) is 24.0. The molecular weight excluding hydrogens is 544 g/mol. The highest BCUT2D eigenvalue weighted by Gasteiger charge is 2.39. The van der Waals surface area contributed by atoms with Crippen molar-refractivity contribution >= 4 is 16.9 Å². The van der Waals surface area contributed by atoms with Crippen molar-refractivity contribution in [1.82, 2.24) is 19.8 Å². The van der Waals surface area contributed by atoms with Crippen LogP contribution in [0, 0.1) is 5.92 Å². The van der Waals surface area contributed by atoms with Crippen LogP contribution in [0.15, 0.2) is 77.6 Å². The minimum atomic E-state index is -0.541. The number of nitrogens with one attached hydrogen (secondary N) is 2. The molecule has 0 saturated carbocycles. The van der Waals surface area contributed by atoms with E-state index in [1.165, 1.54) is 6.92 Å². The van der Waals surface area contributed by atoms with Crippen molar-refractivity contribution in [1.29, 1.82) is 0 Å². The molecule has 1 amide bonds. The number of ether oxygens (including phenoxy) is 2. The first-order valence-corrected chi connectivity index (χ1v) is 15.1. The smallest absolute Gasteiger partial charge is 0.326 e. The number of aromatic nitrogens is 2. The summed E-state index contributed by atoms with van der Waals surface area (Å²) in [6.45, 7) is 6.69. The number of para-hydroxylation sites is 2. The standard InChI is InChI=1S/C34H40N4O5/c1-22-31(20-37-17-15-28(16-18-37)38-30-6-4-3-5-29(30)36-34(38)41)42-33(27-13-7-24(8-14-27)19-35-23(2)40)43-32(22)26-11-9-25(21-39)10-12-26/h3-14,22,28,31-33,39H,15-21H2,1-2H3,(H,35,40)(H,36,41)/t22-,31+,32+,33+/m0/s1. The highest BCUT2D eigenvalue weighted by molar-refractivity contribution is 5.75. The highest BCUT2D eigenvalue weighted by Crippen LogP contribution is 2.42. The number of rotatable bonds is 8. The topological polar surface area (TPSA) is 109 Å². The maximum Gasteiger partial charge on any atom is 0.326 e. The van der Waals surface area contributed by atoms with Gasteiger partial charge in [0.05, 0.1) is 29.8 Å². The molecule has 3 heterocycles. The van der Waals surface area contributed by atoms with E-state index in [1.807, 2.05) is 77.4 Å². The predicted molar refractivity (Wildman–Crippen MR) is 164 cm³/mol. The van der Waals surface area contributed by atoms with Crippen molar-refractivity contribution in [2.75, 3.05) is 19.6 Å². The molecule has 226 valence electrons. The lowest BCUT2D eigenvalue weighted by molar-refractivity contribution is -0.276. The number of carbonyl (C=O) groups excluding carboxylic acids is 1. The van der Waals surface area contributed by atoms with E-state index in [0.29, 0.717) is 6.54 Å². The van der Waals surface area contributed by atoms with Crippen LogP contribution < -0.4 is 11.0 Å². The SMILES string of the molecule is CC(=O)NCc1ccc([C@@H]2O[C@H](CN3CCC(n4c(=O)[nH]c5ccccc54)CC3)[C@H](C)[C@H](c3ccc(CO)cc3)O2)cc1. The molecule has 3 N–H and O–H groups in total. The summed E-state index contributed by atoms with van der Waals surface area (Å²) in [5.74, 6) is 0.0247. The lowest BCUT2D eigenvalue weighted by Crippen LogP contribution is -2.47.